The molecular formula is C27H30N2O2. The smallest absolute Gasteiger partial charge is 0.254 e. The fourth-order valence-electron chi connectivity index (χ4n) is 4.31. The minimum Gasteiger partial charge on any atom is -0.339 e. The van der Waals surface area contributed by atoms with Crippen molar-refractivity contribution in [2.75, 3.05) is 18.4 Å². The molecule has 0 radical (unpaired) electrons. The second-order valence-corrected chi connectivity index (χ2v) is 8.38. The fraction of sp³-hybridized carbons (Fsp3) is 0.333. The van der Waals surface area contributed by atoms with Crippen LogP contribution in [0.1, 0.15) is 48.5 Å². The van der Waals surface area contributed by atoms with Crippen molar-refractivity contribution >= 4 is 28.3 Å². The van der Waals surface area contributed by atoms with Gasteiger partial charge in [-0.3, -0.25) is 9.59 Å². The standard InChI is InChI=1S/C27H30N2O2/c1-2-3-7-20-12-14-23(15-13-20)28-26(30)22-16-18-29(19-17-22)27(31)25-11-6-9-21-8-4-5-10-24(21)25/h4-6,8-15,22H,2-3,7,16-19H2,1H3,(H,28,30). The Morgan fingerprint density at radius 3 is 2.39 bits per heavy atom. The first kappa shape index (κ1) is 21.1. The Balaban J connectivity index is 1.34. The minimum absolute atomic E-state index is 0.0540. The molecule has 0 aromatic heterocycles. The fourth-order valence-corrected chi connectivity index (χ4v) is 4.31. The molecule has 3 aromatic rings. The van der Waals surface area contributed by atoms with Crippen molar-refractivity contribution in [1.29, 1.82) is 0 Å². The average Bonchev–Trinajstić information content (AvgIpc) is 2.83. The molecule has 31 heavy (non-hydrogen) atoms. The van der Waals surface area contributed by atoms with E-state index in [4.69, 9.17) is 0 Å². The van der Waals surface area contributed by atoms with Gasteiger partial charge in [-0.1, -0.05) is 61.9 Å². The molecule has 4 nitrogen and oxygen atoms in total. The Morgan fingerprint density at radius 2 is 1.65 bits per heavy atom. The minimum atomic E-state index is -0.0589. The summed E-state index contributed by atoms with van der Waals surface area (Å²) in [5, 5.41) is 5.11. The van der Waals surface area contributed by atoms with Gasteiger partial charge in [0.05, 0.1) is 0 Å². The van der Waals surface area contributed by atoms with E-state index in [1.54, 1.807) is 0 Å². The van der Waals surface area contributed by atoms with Crippen LogP contribution in [0.5, 0.6) is 0 Å². The van der Waals surface area contributed by atoms with Crippen LogP contribution in [0.4, 0.5) is 5.69 Å². The molecule has 1 aliphatic rings. The summed E-state index contributed by atoms with van der Waals surface area (Å²) in [6.07, 6.45) is 4.82. The number of aryl methyl sites for hydroxylation is 1. The SMILES string of the molecule is CCCCc1ccc(NC(=O)C2CCN(C(=O)c3cccc4ccccc34)CC2)cc1. The summed E-state index contributed by atoms with van der Waals surface area (Å²) in [5.41, 5.74) is 2.89. The van der Waals surface area contributed by atoms with E-state index in [-0.39, 0.29) is 17.7 Å². The number of piperidine rings is 1. The third-order valence-electron chi connectivity index (χ3n) is 6.21. The Kier molecular flexibility index (Phi) is 6.66. The Labute approximate surface area is 184 Å². The van der Waals surface area contributed by atoms with Crippen LogP contribution >= 0.6 is 0 Å². The quantitative estimate of drug-likeness (QED) is 0.565. The van der Waals surface area contributed by atoms with E-state index < -0.39 is 0 Å². The van der Waals surface area contributed by atoms with Crippen LogP contribution in [0.25, 0.3) is 10.8 Å². The third kappa shape index (κ3) is 4.96. The van der Waals surface area contributed by atoms with E-state index in [9.17, 15) is 9.59 Å². The van der Waals surface area contributed by atoms with Gasteiger partial charge < -0.3 is 10.2 Å². The molecule has 0 bridgehead atoms. The van der Waals surface area contributed by atoms with E-state index in [0.29, 0.717) is 25.9 Å². The van der Waals surface area contributed by atoms with E-state index in [1.165, 1.54) is 18.4 Å². The number of nitrogens with zero attached hydrogens (tertiary/aromatic N) is 1. The van der Waals surface area contributed by atoms with Crippen molar-refractivity contribution in [2.45, 2.75) is 39.0 Å². The van der Waals surface area contributed by atoms with Gasteiger partial charge in [0.15, 0.2) is 0 Å². The van der Waals surface area contributed by atoms with Crippen molar-refractivity contribution in [3.8, 4) is 0 Å². The number of hydrogen-bond acceptors (Lipinski definition) is 2. The molecule has 0 atom stereocenters. The number of nitrogens with one attached hydrogen (secondary N) is 1. The summed E-state index contributed by atoms with van der Waals surface area (Å²) in [7, 11) is 0. The number of anilines is 1. The molecule has 0 spiro atoms. The van der Waals surface area contributed by atoms with Crippen molar-refractivity contribution in [3.05, 3.63) is 77.9 Å². The summed E-state index contributed by atoms with van der Waals surface area (Å²) in [5.74, 6) is 0.0493. The molecule has 3 aromatic carbocycles. The highest BCUT2D eigenvalue weighted by molar-refractivity contribution is 6.07. The first-order valence-electron chi connectivity index (χ1n) is 11.3. The largest absolute Gasteiger partial charge is 0.339 e. The molecule has 0 saturated carbocycles. The molecule has 1 N–H and O–H groups in total. The third-order valence-corrected chi connectivity index (χ3v) is 6.21. The van der Waals surface area contributed by atoms with Crippen LogP contribution in [0.3, 0.4) is 0 Å². The number of hydrogen-bond donors (Lipinski definition) is 1. The number of amides is 2. The predicted octanol–water partition coefficient (Wildman–Crippen LogP) is 5.67. The lowest BCUT2D eigenvalue weighted by molar-refractivity contribution is -0.121. The van der Waals surface area contributed by atoms with Crippen LogP contribution in [0.15, 0.2) is 66.7 Å². The summed E-state index contributed by atoms with van der Waals surface area (Å²) in [6, 6.07) is 22.0. The Morgan fingerprint density at radius 1 is 0.935 bits per heavy atom. The van der Waals surface area contributed by atoms with Crippen LogP contribution in [-0.4, -0.2) is 29.8 Å². The van der Waals surface area contributed by atoms with Crippen molar-refractivity contribution in [1.82, 2.24) is 4.90 Å². The molecule has 4 rings (SSSR count). The summed E-state index contributed by atoms with van der Waals surface area (Å²) >= 11 is 0. The van der Waals surface area contributed by atoms with Crippen molar-refractivity contribution in [3.63, 3.8) is 0 Å². The molecule has 2 amide bonds. The molecule has 0 unspecified atom stereocenters. The van der Waals surface area contributed by atoms with Gasteiger partial charge in [0, 0.05) is 30.3 Å². The molecule has 1 fully saturated rings. The summed E-state index contributed by atoms with van der Waals surface area (Å²) in [6.45, 7) is 3.40. The normalized spacial score (nSPS) is 14.5. The number of fused-ring (bicyclic) bond motifs is 1. The van der Waals surface area contributed by atoms with Gasteiger partial charge in [0.25, 0.3) is 5.91 Å². The van der Waals surface area contributed by atoms with Crippen LogP contribution in [-0.2, 0) is 11.2 Å². The number of rotatable bonds is 6. The average molecular weight is 415 g/mol. The highest BCUT2D eigenvalue weighted by atomic mass is 16.2. The first-order chi connectivity index (χ1) is 15.2. The number of benzene rings is 3. The van der Waals surface area contributed by atoms with Gasteiger partial charge in [0.1, 0.15) is 0 Å². The zero-order valence-electron chi connectivity index (χ0n) is 18.1. The Hall–Kier alpha value is -3.14. The zero-order valence-corrected chi connectivity index (χ0v) is 18.1. The summed E-state index contributed by atoms with van der Waals surface area (Å²) < 4.78 is 0. The van der Waals surface area contributed by atoms with Gasteiger partial charge in [-0.2, -0.15) is 0 Å². The predicted molar refractivity (Wildman–Crippen MR) is 126 cm³/mol. The van der Waals surface area contributed by atoms with Crippen molar-refractivity contribution < 1.29 is 9.59 Å². The maximum absolute atomic E-state index is 13.1. The molecule has 0 aliphatic carbocycles. The van der Waals surface area contributed by atoms with E-state index in [0.717, 1.165) is 28.4 Å². The van der Waals surface area contributed by atoms with Crippen LogP contribution in [0, 0.1) is 5.92 Å². The number of carbonyl (C=O) groups is 2. The second kappa shape index (κ2) is 9.78. The van der Waals surface area contributed by atoms with E-state index >= 15 is 0 Å². The monoisotopic (exact) mass is 414 g/mol. The maximum atomic E-state index is 13.1. The lowest BCUT2D eigenvalue weighted by Crippen LogP contribution is -2.41. The van der Waals surface area contributed by atoms with Crippen LogP contribution < -0.4 is 5.32 Å². The molecule has 1 aliphatic heterocycles. The van der Waals surface area contributed by atoms with Gasteiger partial charge >= 0.3 is 0 Å². The highest BCUT2D eigenvalue weighted by Crippen LogP contribution is 2.24. The topological polar surface area (TPSA) is 49.4 Å². The number of carbonyl (C=O) groups excluding carboxylic acids is 2. The molecule has 1 saturated heterocycles. The van der Waals surface area contributed by atoms with E-state index in [2.05, 4.69) is 24.4 Å². The highest BCUT2D eigenvalue weighted by Gasteiger charge is 2.28. The summed E-state index contributed by atoms with van der Waals surface area (Å²) in [4.78, 5) is 27.7. The number of unbranched alkanes of at least 4 members (excludes halogenated alkanes) is 1. The van der Waals surface area contributed by atoms with Gasteiger partial charge in [-0.05, 0) is 60.2 Å². The molecule has 160 valence electrons. The maximum Gasteiger partial charge on any atom is 0.254 e. The second-order valence-electron chi connectivity index (χ2n) is 8.38. The number of likely N-dealkylation sites (tertiary alicyclic amines) is 1. The molecule has 1 heterocycles. The first-order valence-corrected chi connectivity index (χ1v) is 11.3. The lowest BCUT2D eigenvalue weighted by Gasteiger charge is -2.31. The molecular weight excluding hydrogens is 384 g/mol. The van der Waals surface area contributed by atoms with Gasteiger partial charge in [-0.15, -0.1) is 0 Å². The van der Waals surface area contributed by atoms with Gasteiger partial charge in [-0.25, -0.2) is 0 Å². The Bertz CT molecular complexity index is 1050. The zero-order chi connectivity index (χ0) is 21.6. The van der Waals surface area contributed by atoms with Crippen molar-refractivity contribution in [2.24, 2.45) is 5.92 Å². The van der Waals surface area contributed by atoms with Crippen LogP contribution in [0.2, 0.25) is 0 Å². The van der Waals surface area contributed by atoms with Gasteiger partial charge in [0.2, 0.25) is 5.91 Å². The lowest BCUT2D eigenvalue weighted by atomic mass is 9.94. The van der Waals surface area contributed by atoms with E-state index in [1.807, 2.05) is 59.5 Å². The molecule has 4 heteroatoms.